The number of rotatable bonds is 6. The van der Waals surface area contributed by atoms with E-state index in [0.29, 0.717) is 31.1 Å². The molecule has 0 fully saturated rings. The molecular weight excluding hydrogens is 200 g/mol. The Morgan fingerprint density at radius 1 is 1.29 bits per heavy atom. The van der Waals surface area contributed by atoms with Crippen LogP contribution in [0.5, 0.6) is 0 Å². The summed E-state index contributed by atoms with van der Waals surface area (Å²) >= 11 is 0. The van der Waals surface area contributed by atoms with Crippen molar-refractivity contribution in [3.8, 4) is 0 Å². The molecule has 0 aliphatic rings. The smallest absolute Gasteiger partial charge is 0.317 e. The fraction of sp³-hybridized carbons (Fsp3) is 0.889. The van der Waals surface area contributed by atoms with Crippen molar-refractivity contribution in [2.24, 2.45) is 0 Å². The van der Waals surface area contributed by atoms with Gasteiger partial charge in [-0.05, 0) is 13.8 Å². The molecule has 4 nitrogen and oxygen atoms in total. The largest absolute Gasteiger partial charge is 0.337 e. The molecule has 0 radical (unpaired) electrons. The Balaban J connectivity index is 3.67. The molecule has 0 saturated carbocycles. The van der Waals surface area contributed by atoms with Gasteiger partial charge in [0.15, 0.2) is 0 Å². The third kappa shape index (κ3) is 5.21. The number of carbonyl (C=O) groups is 1. The molecule has 0 heterocycles. The first-order chi connectivity index (χ1) is 6.65. The van der Waals surface area contributed by atoms with Crippen LogP contribution >= 0.6 is 0 Å². The quantitative estimate of drug-likeness (QED) is 0.720. The highest BCUT2D eigenvalue weighted by molar-refractivity contribution is 7.84. The molecule has 5 heteroatoms. The lowest BCUT2D eigenvalue weighted by Gasteiger charge is -2.18. The standard InChI is InChI=1S/C9H20N2O2S/c1-4-11(5-2)9(12)10-7-8-14(13)6-3/h4-8H2,1-3H3,(H,10,12). The van der Waals surface area contributed by atoms with Crippen LogP contribution in [0.4, 0.5) is 4.79 Å². The van der Waals surface area contributed by atoms with Gasteiger partial charge in [-0.15, -0.1) is 0 Å². The van der Waals surface area contributed by atoms with E-state index >= 15 is 0 Å². The van der Waals surface area contributed by atoms with Crippen LogP contribution in [0.1, 0.15) is 20.8 Å². The third-order valence-corrected chi connectivity index (χ3v) is 3.28. The number of hydrogen-bond donors (Lipinski definition) is 1. The van der Waals surface area contributed by atoms with E-state index in [-0.39, 0.29) is 6.03 Å². The van der Waals surface area contributed by atoms with Gasteiger partial charge in [0.1, 0.15) is 0 Å². The number of nitrogens with one attached hydrogen (secondary N) is 1. The molecule has 0 spiro atoms. The summed E-state index contributed by atoms with van der Waals surface area (Å²) in [5.74, 6) is 1.20. The predicted molar refractivity (Wildman–Crippen MR) is 59.9 cm³/mol. The minimum Gasteiger partial charge on any atom is -0.337 e. The molecule has 84 valence electrons. The summed E-state index contributed by atoms with van der Waals surface area (Å²) < 4.78 is 11.0. The minimum atomic E-state index is -0.794. The number of hydrogen-bond acceptors (Lipinski definition) is 2. The highest BCUT2D eigenvalue weighted by Gasteiger charge is 2.07. The zero-order chi connectivity index (χ0) is 11.0. The van der Waals surface area contributed by atoms with Gasteiger partial charge >= 0.3 is 6.03 Å². The summed E-state index contributed by atoms with van der Waals surface area (Å²) in [6.45, 7) is 7.66. The molecule has 0 aliphatic carbocycles. The highest BCUT2D eigenvalue weighted by atomic mass is 32.2. The molecule has 0 aromatic heterocycles. The van der Waals surface area contributed by atoms with Crippen LogP contribution in [0.2, 0.25) is 0 Å². The third-order valence-electron chi connectivity index (χ3n) is 1.98. The maximum Gasteiger partial charge on any atom is 0.317 e. The Kier molecular flexibility index (Phi) is 7.47. The molecular formula is C9H20N2O2S. The van der Waals surface area contributed by atoms with Crippen molar-refractivity contribution >= 4 is 16.8 Å². The van der Waals surface area contributed by atoms with Crippen molar-refractivity contribution < 1.29 is 9.00 Å². The first kappa shape index (κ1) is 13.4. The monoisotopic (exact) mass is 220 g/mol. The van der Waals surface area contributed by atoms with Crippen molar-refractivity contribution in [3.05, 3.63) is 0 Å². The molecule has 1 unspecified atom stereocenters. The first-order valence-corrected chi connectivity index (χ1v) is 6.52. The lowest BCUT2D eigenvalue weighted by atomic mass is 10.5. The van der Waals surface area contributed by atoms with Crippen LogP contribution in [0.3, 0.4) is 0 Å². The van der Waals surface area contributed by atoms with Crippen LogP contribution in [-0.2, 0) is 10.8 Å². The number of nitrogens with zero attached hydrogens (tertiary/aromatic N) is 1. The second-order valence-corrected chi connectivity index (χ2v) is 4.70. The normalized spacial score (nSPS) is 12.2. The van der Waals surface area contributed by atoms with Gasteiger partial charge in [0, 0.05) is 41.9 Å². The highest BCUT2D eigenvalue weighted by Crippen LogP contribution is 1.88. The molecule has 0 saturated heterocycles. The van der Waals surface area contributed by atoms with E-state index in [4.69, 9.17) is 0 Å². The fourth-order valence-electron chi connectivity index (χ4n) is 1.04. The maximum absolute atomic E-state index is 11.4. The van der Waals surface area contributed by atoms with Crippen LogP contribution in [-0.4, -0.2) is 46.3 Å². The van der Waals surface area contributed by atoms with E-state index in [1.54, 1.807) is 4.90 Å². The zero-order valence-corrected chi connectivity index (χ0v) is 10.0. The summed E-state index contributed by atoms with van der Waals surface area (Å²) in [5.41, 5.74) is 0. The van der Waals surface area contributed by atoms with Crippen molar-refractivity contribution in [3.63, 3.8) is 0 Å². The summed E-state index contributed by atoms with van der Waals surface area (Å²) in [7, 11) is -0.794. The summed E-state index contributed by atoms with van der Waals surface area (Å²) in [6, 6.07) is -0.0666. The van der Waals surface area contributed by atoms with Crippen LogP contribution in [0, 0.1) is 0 Å². The van der Waals surface area contributed by atoms with E-state index in [0.717, 1.165) is 0 Å². The average molecular weight is 220 g/mol. The Morgan fingerprint density at radius 3 is 2.29 bits per heavy atom. The molecule has 1 N–H and O–H groups in total. The summed E-state index contributed by atoms with van der Waals surface area (Å²) in [4.78, 5) is 13.1. The van der Waals surface area contributed by atoms with Crippen LogP contribution < -0.4 is 5.32 Å². The van der Waals surface area contributed by atoms with Gasteiger partial charge in [-0.1, -0.05) is 6.92 Å². The van der Waals surface area contributed by atoms with E-state index in [1.165, 1.54) is 0 Å². The maximum atomic E-state index is 11.4. The molecule has 1 atom stereocenters. The molecule has 0 aromatic rings. The Bertz CT molecular complexity index is 193. The van der Waals surface area contributed by atoms with Gasteiger partial charge in [0.05, 0.1) is 0 Å². The minimum absolute atomic E-state index is 0.0666. The Hall–Kier alpha value is -0.580. The number of amides is 2. The molecule has 0 bridgehead atoms. The van der Waals surface area contributed by atoms with E-state index in [9.17, 15) is 9.00 Å². The lowest BCUT2D eigenvalue weighted by molar-refractivity contribution is 0.204. The summed E-state index contributed by atoms with van der Waals surface area (Å²) in [5, 5.41) is 2.74. The van der Waals surface area contributed by atoms with Gasteiger partial charge in [-0.3, -0.25) is 4.21 Å². The lowest BCUT2D eigenvalue weighted by Crippen LogP contribution is -2.41. The van der Waals surface area contributed by atoms with Crippen LogP contribution in [0.15, 0.2) is 0 Å². The molecule has 0 aromatic carbocycles. The molecule has 0 aliphatic heterocycles. The average Bonchev–Trinajstić information content (AvgIpc) is 2.19. The zero-order valence-electron chi connectivity index (χ0n) is 9.21. The van der Waals surface area contributed by atoms with Crippen molar-refractivity contribution in [2.75, 3.05) is 31.1 Å². The van der Waals surface area contributed by atoms with Gasteiger partial charge in [0.25, 0.3) is 0 Å². The predicted octanol–water partition coefficient (Wildman–Crippen LogP) is 0.806. The SMILES string of the molecule is CCN(CC)C(=O)NCCS(=O)CC. The van der Waals surface area contributed by atoms with E-state index < -0.39 is 10.8 Å². The fourth-order valence-corrected chi connectivity index (χ4v) is 1.66. The van der Waals surface area contributed by atoms with Crippen molar-refractivity contribution in [1.29, 1.82) is 0 Å². The Morgan fingerprint density at radius 2 is 1.86 bits per heavy atom. The van der Waals surface area contributed by atoms with E-state index in [2.05, 4.69) is 5.32 Å². The Labute approximate surface area is 88.5 Å². The van der Waals surface area contributed by atoms with Gasteiger partial charge in [0.2, 0.25) is 0 Å². The molecule has 0 rings (SSSR count). The number of urea groups is 1. The number of carbonyl (C=O) groups excluding carboxylic acids is 1. The topological polar surface area (TPSA) is 49.4 Å². The first-order valence-electron chi connectivity index (χ1n) is 5.03. The molecule has 14 heavy (non-hydrogen) atoms. The summed E-state index contributed by atoms with van der Waals surface area (Å²) in [6.07, 6.45) is 0. The van der Waals surface area contributed by atoms with Gasteiger partial charge in [-0.25, -0.2) is 4.79 Å². The second-order valence-electron chi connectivity index (χ2n) is 2.84. The molecule has 2 amide bonds. The van der Waals surface area contributed by atoms with Crippen molar-refractivity contribution in [1.82, 2.24) is 10.2 Å². The second kappa shape index (κ2) is 7.79. The van der Waals surface area contributed by atoms with Gasteiger partial charge < -0.3 is 10.2 Å². The van der Waals surface area contributed by atoms with Crippen LogP contribution in [0.25, 0.3) is 0 Å². The van der Waals surface area contributed by atoms with Crippen molar-refractivity contribution in [2.45, 2.75) is 20.8 Å². The van der Waals surface area contributed by atoms with E-state index in [1.807, 2.05) is 20.8 Å². The van der Waals surface area contributed by atoms with Gasteiger partial charge in [-0.2, -0.15) is 0 Å².